The molecule has 0 aromatic rings. The standard InChI is InChI=1S/C21H36N2O2S/c1-8-14(4)15(5)11-16(6)19(24)12-18(13(2)3)20(25)23-21-22-10-9-17(7)26-21/h11,13-14,16-18H,8-10,12H2,1-7H3,(H,22,23,25)/b15-11+/t14-,16-,17?,18+/m1/s1. The first kappa shape index (κ1) is 22.9. The first-order chi connectivity index (χ1) is 12.1. The normalized spacial score (nSPS) is 21.8. The Bertz CT molecular complexity index is 554. The minimum Gasteiger partial charge on any atom is -0.305 e. The number of ketones is 1. The molecule has 0 aromatic carbocycles. The lowest BCUT2D eigenvalue weighted by atomic mass is 9.85. The number of amidine groups is 1. The van der Waals surface area contributed by atoms with Crippen LogP contribution in [0.15, 0.2) is 16.6 Å². The van der Waals surface area contributed by atoms with E-state index in [1.54, 1.807) is 11.8 Å². The molecule has 1 aliphatic rings. The molecule has 5 heteroatoms. The summed E-state index contributed by atoms with van der Waals surface area (Å²) < 4.78 is 0. The molecule has 4 nitrogen and oxygen atoms in total. The lowest BCUT2D eigenvalue weighted by Gasteiger charge is -2.23. The summed E-state index contributed by atoms with van der Waals surface area (Å²) in [4.78, 5) is 29.8. The van der Waals surface area contributed by atoms with E-state index in [4.69, 9.17) is 0 Å². The van der Waals surface area contributed by atoms with Crippen molar-refractivity contribution >= 4 is 28.6 Å². The van der Waals surface area contributed by atoms with Crippen LogP contribution in [-0.4, -0.2) is 28.7 Å². The average Bonchev–Trinajstić information content (AvgIpc) is 2.57. The molecule has 1 rings (SSSR count). The van der Waals surface area contributed by atoms with E-state index in [2.05, 4.69) is 44.1 Å². The monoisotopic (exact) mass is 380 g/mol. The second kappa shape index (κ2) is 10.9. The minimum atomic E-state index is -0.317. The third-order valence-corrected chi connectivity index (χ3v) is 6.40. The van der Waals surface area contributed by atoms with Gasteiger partial charge in [0.05, 0.1) is 0 Å². The van der Waals surface area contributed by atoms with Crippen LogP contribution in [-0.2, 0) is 9.59 Å². The molecule has 0 saturated heterocycles. The molecule has 1 N–H and O–H groups in total. The van der Waals surface area contributed by atoms with Gasteiger partial charge < -0.3 is 5.32 Å². The van der Waals surface area contributed by atoms with Gasteiger partial charge in [-0.3, -0.25) is 14.6 Å². The number of Topliss-reactive ketones (excluding diaryl/α,β-unsaturated/α-hetero) is 1. The van der Waals surface area contributed by atoms with E-state index in [-0.39, 0.29) is 35.9 Å². The maximum absolute atomic E-state index is 12.7. The number of hydrogen-bond donors (Lipinski definition) is 1. The topological polar surface area (TPSA) is 58.5 Å². The summed E-state index contributed by atoms with van der Waals surface area (Å²) in [5.41, 5.74) is 1.25. The van der Waals surface area contributed by atoms with Gasteiger partial charge in [0.25, 0.3) is 0 Å². The Kier molecular flexibility index (Phi) is 9.62. The summed E-state index contributed by atoms with van der Waals surface area (Å²) in [5.74, 6) is 0.175. The van der Waals surface area contributed by atoms with Crippen molar-refractivity contribution in [3.8, 4) is 0 Å². The molecule has 0 spiro atoms. The zero-order valence-electron chi connectivity index (χ0n) is 17.5. The number of thioether (sulfide) groups is 1. The molecule has 1 heterocycles. The zero-order chi connectivity index (χ0) is 19.9. The van der Waals surface area contributed by atoms with Crippen LogP contribution in [0.5, 0.6) is 0 Å². The summed E-state index contributed by atoms with van der Waals surface area (Å²) in [6.07, 6.45) is 4.45. The maximum atomic E-state index is 12.7. The molecule has 0 saturated carbocycles. The highest BCUT2D eigenvalue weighted by Crippen LogP contribution is 2.23. The van der Waals surface area contributed by atoms with E-state index in [9.17, 15) is 9.59 Å². The van der Waals surface area contributed by atoms with E-state index in [0.29, 0.717) is 16.3 Å². The first-order valence-electron chi connectivity index (χ1n) is 9.88. The Morgan fingerprint density at radius 2 is 1.96 bits per heavy atom. The predicted molar refractivity (Wildman–Crippen MR) is 112 cm³/mol. The highest BCUT2D eigenvalue weighted by Gasteiger charge is 2.28. The van der Waals surface area contributed by atoms with Crippen LogP contribution in [0.4, 0.5) is 0 Å². The van der Waals surface area contributed by atoms with Gasteiger partial charge in [-0.05, 0) is 31.6 Å². The lowest BCUT2D eigenvalue weighted by molar-refractivity contribution is -0.130. The summed E-state index contributed by atoms with van der Waals surface area (Å²) in [7, 11) is 0. The quantitative estimate of drug-likeness (QED) is 0.613. The van der Waals surface area contributed by atoms with Crippen molar-refractivity contribution < 1.29 is 9.59 Å². The van der Waals surface area contributed by atoms with Crippen molar-refractivity contribution in [3.05, 3.63) is 11.6 Å². The Morgan fingerprint density at radius 1 is 1.31 bits per heavy atom. The molecule has 148 valence electrons. The Labute approximate surface area is 163 Å². The van der Waals surface area contributed by atoms with Gasteiger partial charge >= 0.3 is 0 Å². The fraction of sp³-hybridized carbons (Fsp3) is 0.762. The third kappa shape index (κ3) is 7.26. The number of amides is 1. The second-order valence-corrected chi connectivity index (χ2v) is 9.35. The van der Waals surface area contributed by atoms with Gasteiger partial charge in [-0.2, -0.15) is 0 Å². The fourth-order valence-electron chi connectivity index (χ4n) is 2.91. The fourth-order valence-corrected chi connectivity index (χ4v) is 3.84. The molecule has 0 fully saturated rings. The van der Waals surface area contributed by atoms with E-state index < -0.39 is 0 Å². The van der Waals surface area contributed by atoms with Crippen LogP contribution in [0.25, 0.3) is 0 Å². The molecule has 0 bridgehead atoms. The van der Waals surface area contributed by atoms with Crippen LogP contribution in [0.2, 0.25) is 0 Å². The second-order valence-electron chi connectivity index (χ2n) is 7.92. The van der Waals surface area contributed by atoms with Crippen molar-refractivity contribution in [1.82, 2.24) is 5.32 Å². The molecule has 0 aromatic heterocycles. The maximum Gasteiger partial charge on any atom is 0.229 e. The largest absolute Gasteiger partial charge is 0.305 e. The average molecular weight is 381 g/mol. The van der Waals surface area contributed by atoms with E-state index >= 15 is 0 Å². The first-order valence-corrected chi connectivity index (χ1v) is 10.8. The number of hydrogen-bond acceptors (Lipinski definition) is 4. The smallest absolute Gasteiger partial charge is 0.229 e. The van der Waals surface area contributed by atoms with Gasteiger partial charge in [0, 0.05) is 30.1 Å². The van der Waals surface area contributed by atoms with Crippen LogP contribution in [0, 0.1) is 23.7 Å². The molecule has 4 atom stereocenters. The van der Waals surface area contributed by atoms with Gasteiger partial charge in [-0.25, -0.2) is 0 Å². The summed E-state index contributed by atoms with van der Waals surface area (Å²) in [5, 5.41) is 4.12. The Hall–Kier alpha value is -1.10. The van der Waals surface area contributed by atoms with Crippen molar-refractivity contribution in [2.45, 2.75) is 73.0 Å². The minimum absolute atomic E-state index is 0.0801. The van der Waals surface area contributed by atoms with E-state index in [1.165, 1.54) is 5.57 Å². The van der Waals surface area contributed by atoms with Gasteiger partial charge in [-0.1, -0.05) is 65.0 Å². The summed E-state index contributed by atoms with van der Waals surface area (Å²) in [6, 6.07) is 0. The number of nitrogens with zero attached hydrogens (tertiary/aromatic N) is 1. The number of allylic oxidation sites excluding steroid dienone is 2. The van der Waals surface area contributed by atoms with Gasteiger partial charge in [-0.15, -0.1) is 0 Å². The molecule has 1 amide bonds. The summed E-state index contributed by atoms with van der Waals surface area (Å²) in [6.45, 7) is 15.3. The zero-order valence-corrected chi connectivity index (χ0v) is 18.3. The molecule has 1 unspecified atom stereocenters. The highest BCUT2D eigenvalue weighted by molar-refractivity contribution is 8.14. The van der Waals surface area contributed by atoms with Crippen molar-refractivity contribution in [3.63, 3.8) is 0 Å². The van der Waals surface area contributed by atoms with Gasteiger partial charge in [0.15, 0.2) is 5.17 Å². The number of rotatable bonds is 8. The molecule has 26 heavy (non-hydrogen) atoms. The molecule has 0 aliphatic carbocycles. The van der Waals surface area contributed by atoms with Gasteiger partial charge in [0.1, 0.15) is 5.78 Å². The third-order valence-electron chi connectivity index (χ3n) is 5.31. The van der Waals surface area contributed by atoms with Crippen LogP contribution >= 0.6 is 11.8 Å². The number of carbonyl (C=O) groups excluding carboxylic acids is 2. The predicted octanol–water partition coefficient (Wildman–Crippen LogP) is 4.84. The van der Waals surface area contributed by atoms with E-state index in [1.807, 2.05) is 20.8 Å². The number of carbonyl (C=O) groups is 2. The molecular formula is C21H36N2O2S. The van der Waals surface area contributed by atoms with Crippen LogP contribution in [0.3, 0.4) is 0 Å². The van der Waals surface area contributed by atoms with Crippen molar-refractivity contribution in [2.75, 3.05) is 6.54 Å². The van der Waals surface area contributed by atoms with Gasteiger partial charge in [0.2, 0.25) is 5.91 Å². The van der Waals surface area contributed by atoms with Crippen LogP contribution < -0.4 is 5.32 Å². The van der Waals surface area contributed by atoms with Crippen molar-refractivity contribution in [1.29, 1.82) is 0 Å². The van der Waals surface area contributed by atoms with Crippen LogP contribution in [0.1, 0.15) is 67.7 Å². The Morgan fingerprint density at radius 3 is 2.50 bits per heavy atom. The molecule has 0 radical (unpaired) electrons. The highest BCUT2D eigenvalue weighted by atomic mass is 32.2. The van der Waals surface area contributed by atoms with E-state index in [0.717, 1.165) is 19.4 Å². The summed E-state index contributed by atoms with van der Waals surface area (Å²) >= 11 is 1.61. The Balaban J connectivity index is 2.73. The number of aliphatic imine (C=N–C) groups is 1. The SMILES string of the molecule is CC[C@@H](C)/C(C)=C/[C@@H](C)C(=O)C[C@H](C(=O)NC1=NCCC(C)S1)C(C)C. The lowest BCUT2D eigenvalue weighted by Crippen LogP contribution is -2.39. The van der Waals surface area contributed by atoms with Crippen molar-refractivity contribution in [2.24, 2.45) is 28.7 Å². The molecule has 1 aliphatic heterocycles. The number of nitrogens with one attached hydrogen (secondary N) is 1. The molecular weight excluding hydrogens is 344 g/mol.